The standard InChI is InChI=1S/C35H34N6O4/c42-32-12-11-31(33(43)39-32)41-34(44)24-10-9-22(16-25(24)35(41)45)36-13-3-4-20-14-23(15-20)40-18-26(21-7-8-21)27(19-40)30-17-37-28-5-1-2-6-29(28)38-30/h1-2,5-6,9-10,16-21,23,31,36H,3-4,7-8,11-15H2,(H,39,42,43). The van der Waals surface area contributed by atoms with Gasteiger partial charge in [-0.25, -0.2) is 4.98 Å². The smallest absolute Gasteiger partial charge is 0.262 e. The molecule has 45 heavy (non-hydrogen) atoms. The number of carbonyl (C=O) groups is 4. The Balaban J connectivity index is 0.851. The Morgan fingerprint density at radius 1 is 0.889 bits per heavy atom. The average Bonchev–Trinajstić information content (AvgIpc) is 3.73. The highest BCUT2D eigenvalue weighted by Crippen LogP contribution is 2.47. The van der Waals surface area contributed by atoms with Gasteiger partial charge in [0.25, 0.3) is 11.8 Å². The number of benzene rings is 2. The Kier molecular flexibility index (Phi) is 6.73. The molecule has 2 saturated carbocycles. The molecule has 4 aliphatic rings. The lowest BCUT2D eigenvalue weighted by Gasteiger charge is -2.36. The van der Waals surface area contributed by atoms with Crippen molar-refractivity contribution in [3.8, 4) is 11.3 Å². The zero-order valence-corrected chi connectivity index (χ0v) is 24.9. The summed E-state index contributed by atoms with van der Waals surface area (Å²) in [6.07, 6.45) is 13.7. The fourth-order valence-corrected chi connectivity index (χ4v) is 7.11. The van der Waals surface area contributed by atoms with Crippen LogP contribution in [-0.4, -0.2) is 55.7 Å². The van der Waals surface area contributed by atoms with Crippen molar-refractivity contribution in [2.45, 2.75) is 69.4 Å². The van der Waals surface area contributed by atoms with Crippen LogP contribution in [0.15, 0.2) is 61.1 Å². The summed E-state index contributed by atoms with van der Waals surface area (Å²) in [6.45, 7) is 0.763. The van der Waals surface area contributed by atoms with Gasteiger partial charge in [-0.15, -0.1) is 0 Å². The third-order valence-electron chi connectivity index (χ3n) is 9.81. The van der Waals surface area contributed by atoms with E-state index in [9.17, 15) is 19.2 Å². The molecule has 228 valence electrons. The summed E-state index contributed by atoms with van der Waals surface area (Å²) in [5.74, 6) is -0.652. The lowest BCUT2D eigenvalue weighted by Crippen LogP contribution is -2.54. The molecule has 4 aromatic rings. The van der Waals surface area contributed by atoms with E-state index >= 15 is 0 Å². The van der Waals surface area contributed by atoms with Crippen molar-refractivity contribution in [1.29, 1.82) is 0 Å². The summed E-state index contributed by atoms with van der Waals surface area (Å²) < 4.78 is 2.41. The number of piperidine rings is 1. The number of nitrogens with one attached hydrogen (secondary N) is 2. The summed E-state index contributed by atoms with van der Waals surface area (Å²) in [4.78, 5) is 60.5. The monoisotopic (exact) mass is 602 g/mol. The van der Waals surface area contributed by atoms with E-state index < -0.39 is 23.8 Å². The highest BCUT2D eigenvalue weighted by molar-refractivity contribution is 6.23. The minimum atomic E-state index is -0.955. The van der Waals surface area contributed by atoms with E-state index in [-0.39, 0.29) is 18.7 Å². The van der Waals surface area contributed by atoms with Gasteiger partial charge in [-0.05, 0) is 92.7 Å². The molecule has 1 atom stereocenters. The number of aromatic nitrogens is 3. The molecule has 0 spiro atoms. The normalized spacial score (nSPS) is 22.8. The number of amides is 4. The molecular weight excluding hydrogens is 568 g/mol. The number of fused-ring (bicyclic) bond motifs is 2. The van der Waals surface area contributed by atoms with Crippen molar-refractivity contribution in [2.24, 2.45) is 5.92 Å². The van der Waals surface area contributed by atoms with E-state index in [4.69, 9.17) is 4.98 Å². The Bertz CT molecular complexity index is 1870. The second-order valence-electron chi connectivity index (χ2n) is 12.9. The molecule has 1 saturated heterocycles. The van der Waals surface area contributed by atoms with Gasteiger partial charge in [-0.2, -0.15) is 0 Å². The molecule has 0 radical (unpaired) electrons. The molecule has 8 rings (SSSR count). The van der Waals surface area contributed by atoms with Crippen LogP contribution in [0, 0.1) is 5.92 Å². The highest BCUT2D eigenvalue weighted by Gasteiger charge is 2.44. The quantitative estimate of drug-likeness (QED) is 0.199. The van der Waals surface area contributed by atoms with Gasteiger partial charge in [0, 0.05) is 42.7 Å². The van der Waals surface area contributed by atoms with E-state index in [2.05, 4.69) is 32.6 Å². The summed E-state index contributed by atoms with van der Waals surface area (Å²) in [5, 5.41) is 5.63. The summed E-state index contributed by atoms with van der Waals surface area (Å²) in [5.41, 5.74) is 6.79. The second-order valence-corrected chi connectivity index (χ2v) is 12.9. The van der Waals surface area contributed by atoms with Crippen molar-refractivity contribution in [3.63, 3.8) is 0 Å². The second kappa shape index (κ2) is 10.9. The third kappa shape index (κ3) is 5.08. The van der Waals surface area contributed by atoms with Gasteiger partial charge in [0.15, 0.2) is 0 Å². The van der Waals surface area contributed by atoms with Gasteiger partial charge >= 0.3 is 0 Å². The predicted octanol–water partition coefficient (Wildman–Crippen LogP) is 5.22. The maximum absolute atomic E-state index is 13.1. The minimum absolute atomic E-state index is 0.104. The Labute approximate surface area is 260 Å². The van der Waals surface area contributed by atoms with Gasteiger partial charge in [0.1, 0.15) is 6.04 Å². The number of hydrogen-bond donors (Lipinski definition) is 2. The van der Waals surface area contributed by atoms with Gasteiger partial charge in [0.2, 0.25) is 11.8 Å². The fourth-order valence-electron chi connectivity index (χ4n) is 7.11. The van der Waals surface area contributed by atoms with Gasteiger partial charge in [-0.3, -0.25) is 34.4 Å². The van der Waals surface area contributed by atoms with Crippen LogP contribution in [0.1, 0.15) is 89.6 Å². The Morgan fingerprint density at radius 2 is 1.69 bits per heavy atom. The van der Waals surface area contributed by atoms with Gasteiger partial charge < -0.3 is 9.88 Å². The minimum Gasteiger partial charge on any atom is -0.385 e. The Morgan fingerprint density at radius 3 is 2.49 bits per heavy atom. The summed E-state index contributed by atoms with van der Waals surface area (Å²) in [7, 11) is 0. The number of carbonyl (C=O) groups excluding carboxylic acids is 4. The summed E-state index contributed by atoms with van der Waals surface area (Å²) in [6, 6.07) is 12.7. The molecule has 2 aromatic carbocycles. The zero-order valence-electron chi connectivity index (χ0n) is 24.9. The number of para-hydroxylation sites is 2. The van der Waals surface area contributed by atoms with Gasteiger partial charge in [0.05, 0.1) is 34.1 Å². The van der Waals surface area contributed by atoms with Crippen LogP contribution in [0.5, 0.6) is 0 Å². The summed E-state index contributed by atoms with van der Waals surface area (Å²) >= 11 is 0. The number of hydrogen-bond acceptors (Lipinski definition) is 7. The molecule has 2 aliphatic carbocycles. The van der Waals surface area contributed by atoms with Crippen LogP contribution in [0.2, 0.25) is 0 Å². The molecular formula is C35H34N6O4. The van der Waals surface area contributed by atoms with Crippen molar-refractivity contribution in [1.82, 2.24) is 24.8 Å². The molecule has 4 amide bonds. The van der Waals surface area contributed by atoms with Crippen LogP contribution >= 0.6 is 0 Å². The van der Waals surface area contributed by atoms with Gasteiger partial charge in [-0.1, -0.05) is 12.1 Å². The first-order chi connectivity index (χ1) is 21.9. The SMILES string of the molecule is O=C1CCC(N2C(=O)c3ccc(NCCCC4CC(n5cc(-c6cnc7ccccc7n6)c(C6CC6)c5)C4)cc3C2=O)C(=O)N1. The van der Waals surface area contributed by atoms with Crippen LogP contribution in [0.25, 0.3) is 22.3 Å². The first kappa shape index (κ1) is 27.7. The molecule has 3 fully saturated rings. The lowest BCUT2D eigenvalue weighted by atomic mass is 9.77. The molecule has 4 heterocycles. The van der Waals surface area contributed by atoms with E-state index in [1.54, 1.807) is 18.2 Å². The van der Waals surface area contributed by atoms with Crippen LogP contribution in [0.3, 0.4) is 0 Å². The number of imide groups is 2. The highest BCUT2D eigenvalue weighted by atomic mass is 16.2. The molecule has 1 unspecified atom stereocenters. The van der Waals surface area contributed by atoms with E-state index in [1.807, 2.05) is 30.5 Å². The molecule has 2 N–H and O–H groups in total. The van der Waals surface area contributed by atoms with Crippen molar-refractivity contribution in [2.75, 3.05) is 11.9 Å². The predicted molar refractivity (Wildman–Crippen MR) is 168 cm³/mol. The van der Waals surface area contributed by atoms with Crippen LogP contribution in [-0.2, 0) is 9.59 Å². The average molecular weight is 603 g/mol. The van der Waals surface area contributed by atoms with E-state index in [0.717, 1.165) is 59.5 Å². The molecule has 10 nitrogen and oxygen atoms in total. The first-order valence-corrected chi connectivity index (χ1v) is 16.0. The van der Waals surface area contributed by atoms with Crippen molar-refractivity contribution in [3.05, 3.63) is 77.7 Å². The number of anilines is 1. The van der Waals surface area contributed by atoms with Crippen molar-refractivity contribution >= 4 is 40.3 Å². The van der Waals surface area contributed by atoms with Crippen molar-refractivity contribution < 1.29 is 19.2 Å². The fraction of sp³-hybridized carbons (Fsp3) is 0.371. The molecule has 0 bridgehead atoms. The topological polar surface area (TPSA) is 126 Å². The lowest BCUT2D eigenvalue weighted by molar-refractivity contribution is -0.136. The maximum atomic E-state index is 13.1. The molecule has 2 aromatic heterocycles. The maximum Gasteiger partial charge on any atom is 0.262 e. The number of nitrogens with zero attached hydrogens (tertiary/aromatic N) is 4. The molecule has 2 aliphatic heterocycles. The van der Waals surface area contributed by atoms with E-state index in [0.29, 0.717) is 29.0 Å². The third-order valence-corrected chi connectivity index (χ3v) is 9.81. The van der Waals surface area contributed by atoms with Crippen LogP contribution in [0.4, 0.5) is 5.69 Å². The Hall–Kier alpha value is -4.86. The number of rotatable bonds is 9. The first-order valence-electron chi connectivity index (χ1n) is 16.0. The zero-order chi connectivity index (χ0) is 30.7. The largest absolute Gasteiger partial charge is 0.385 e. The van der Waals surface area contributed by atoms with E-state index in [1.165, 1.54) is 24.0 Å². The molecule has 10 heteroatoms. The van der Waals surface area contributed by atoms with Crippen LogP contribution < -0.4 is 10.6 Å².